The van der Waals surface area contributed by atoms with Gasteiger partial charge in [0, 0.05) is 42.3 Å². The van der Waals surface area contributed by atoms with Gasteiger partial charge in [-0.1, -0.05) is 30.3 Å². The first-order valence-electron chi connectivity index (χ1n) is 8.68. The van der Waals surface area contributed by atoms with Gasteiger partial charge in [-0.05, 0) is 23.1 Å². The molecule has 3 aromatic heterocycles. The maximum atomic E-state index is 10.8. The molecule has 0 fully saturated rings. The van der Waals surface area contributed by atoms with E-state index in [0.29, 0.717) is 12.4 Å². The predicted octanol–water partition coefficient (Wildman–Crippen LogP) is 3.75. The maximum Gasteiger partial charge on any atom is 0.220 e. The van der Waals surface area contributed by atoms with Crippen molar-refractivity contribution in [2.24, 2.45) is 0 Å². The molecular weight excluding hydrogens is 344 g/mol. The van der Waals surface area contributed by atoms with Crippen LogP contribution in [-0.2, 0) is 19.5 Å². The summed E-state index contributed by atoms with van der Waals surface area (Å²) in [5, 5.41) is 18.6. The molecule has 6 heteroatoms. The third-order valence-electron chi connectivity index (χ3n) is 4.89. The lowest BCUT2D eigenvalue weighted by Gasteiger charge is -2.26. The molecule has 26 heavy (non-hydrogen) atoms. The Morgan fingerprint density at radius 1 is 1.12 bits per heavy atom. The Labute approximate surface area is 155 Å². The van der Waals surface area contributed by atoms with Crippen LogP contribution < -0.4 is 0 Å². The standard InChI is InChI=1S/C20H18N4OS/c25-20-16-13-23(12-14-4-2-1-3-5-14)10-7-17(16)22-24(20)19-15-8-11-26-18(15)6-9-21-19/h1-6,8-9,11,25H,7,10,12-13H2. The van der Waals surface area contributed by atoms with Crippen LogP contribution in [-0.4, -0.2) is 31.3 Å². The fraction of sp³-hybridized carbons (Fsp3) is 0.200. The van der Waals surface area contributed by atoms with Crippen LogP contribution in [0.1, 0.15) is 16.8 Å². The summed E-state index contributed by atoms with van der Waals surface area (Å²) in [5.41, 5.74) is 3.18. The topological polar surface area (TPSA) is 54.2 Å². The molecule has 1 aliphatic rings. The number of nitrogens with zero attached hydrogens (tertiary/aromatic N) is 4. The monoisotopic (exact) mass is 362 g/mol. The number of aromatic nitrogens is 3. The molecular formula is C20H18N4OS. The van der Waals surface area contributed by atoms with Crippen LogP contribution >= 0.6 is 11.3 Å². The van der Waals surface area contributed by atoms with Crippen molar-refractivity contribution in [2.45, 2.75) is 19.5 Å². The van der Waals surface area contributed by atoms with E-state index in [1.807, 2.05) is 23.6 Å². The van der Waals surface area contributed by atoms with Crippen molar-refractivity contribution < 1.29 is 5.11 Å². The molecule has 0 saturated carbocycles. The summed E-state index contributed by atoms with van der Waals surface area (Å²) in [6, 6.07) is 14.5. The highest BCUT2D eigenvalue weighted by molar-refractivity contribution is 7.17. The second-order valence-electron chi connectivity index (χ2n) is 6.57. The molecule has 130 valence electrons. The molecule has 1 aliphatic heterocycles. The van der Waals surface area contributed by atoms with Crippen LogP contribution in [0.15, 0.2) is 54.0 Å². The predicted molar refractivity (Wildman–Crippen MR) is 103 cm³/mol. The van der Waals surface area contributed by atoms with Gasteiger partial charge in [0.25, 0.3) is 0 Å². The number of hydrogen-bond donors (Lipinski definition) is 1. The molecule has 0 atom stereocenters. The van der Waals surface area contributed by atoms with Gasteiger partial charge in [-0.15, -0.1) is 11.3 Å². The van der Waals surface area contributed by atoms with Gasteiger partial charge >= 0.3 is 0 Å². The van der Waals surface area contributed by atoms with Crippen LogP contribution in [0.2, 0.25) is 0 Å². The van der Waals surface area contributed by atoms with Crippen LogP contribution in [0.3, 0.4) is 0 Å². The molecule has 1 aromatic carbocycles. The normalized spacial score (nSPS) is 14.6. The smallest absolute Gasteiger partial charge is 0.220 e. The summed E-state index contributed by atoms with van der Waals surface area (Å²) in [6.07, 6.45) is 2.61. The summed E-state index contributed by atoms with van der Waals surface area (Å²) in [7, 11) is 0. The van der Waals surface area contributed by atoms with Gasteiger partial charge in [-0.25, -0.2) is 4.98 Å². The first-order chi connectivity index (χ1) is 12.8. The van der Waals surface area contributed by atoms with Gasteiger partial charge in [0.2, 0.25) is 5.88 Å². The zero-order chi connectivity index (χ0) is 17.5. The third kappa shape index (κ3) is 2.58. The fourth-order valence-electron chi connectivity index (χ4n) is 3.59. The number of benzene rings is 1. The maximum absolute atomic E-state index is 10.8. The highest BCUT2D eigenvalue weighted by atomic mass is 32.1. The first-order valence-corrected chi connectivity index (χ1v) is 9.56. The van der Waals surface area contributed by atoms with Gasteiger partial charge in [-0.3, -0.25) is 4.90 Å². The summed E-state index contributed by atoms with van der Waals surface area (Å²) in [6.45, 7) is 2.52. The zero-order valence-electron chi connectivity index (χ0n) is 14.2. The van der Waals surface area contributed by atoms with Crippen LogP contribution in [0.4, 0.5) is 0 Å². The Kier molecular flexibility index (Phi) is 3.72. The molecule has 1 N–H and O–H groups in total. The minimum Gasteiger partial charge on any atom is -0.493 e. The average molecular weight is 362 g/mol. The van der Waals surface area contributed by atoms with Crippen molar-refractivity contribution in [1.82, 2.24) is 19.7 Å². The van der Waals surface area contributed by atoms with E-state index in [4.69, 9.17) is 0 Å². The summed E-state index contributed by atoms with van der Waals surface area (Å²) >= 11 is 1.67. The van der Waals surface area contributed by atoms with E-state index < -0.39 is 0 Å². The molecule has 0 saturated heterocycles. The van der Waals surface area contributed by atoms with E-state index >= 15 is 0 Å². The quantitative estimate of drug-likeness (QED) is 0.603. The van der Waals surface area contributed by atoms with Crippen LogP contribution in [0.25, 0.3) is 15.9 Å². The second-order valence-corrected chi connectivity index (χ2v) is 7.52. The lowest BCUT2D eigenvalue weighted by atomic mass is 10.1. The lowest BCUT2D eigenvalue weighted by molar-refractivity contribution is 0.241. The Bertz CT molecular complexity index is 1070. The molecule has 0 amide bonds. The molecule has 5 rings (SSSR count). The average Bonchev–Trinajstić information content (AvgIpc) is 3.27. The molecule has 5 nitrogen and oxygen atoms in total. The molecule has 0 bridgehead atoms. The highest BCUT2D eigenvalue weighted by Crippen LogP contribution is 2.32. The second kappa shape index (κ2) is 6.23. The van der Waals surface area contributed by atoms with Crippen molar-refractivity contribution in [3.63, 3.8) is 0 Å². The first kappa shape index (κ1) is 15.5. The van der Waals surface area contributed by atoms with Gasteiger partial charge in [-0.2, -0.15) is 9.78 Å². The SMILES string of the molecule is Oc1c2c(nn1-c1nccc3sccc13)CCN(Cc1ccccc1)C2. The molecule has 0 aliphatic carbocycles. The van der Waals surface area contributed by atoms with E-state index in [0.717, 1.165) is 40.9 Å². The van der Waals surface area contributed by atoms with Crippen LogP contribution in [0.5, 0.6) is 5.88 Å². The van der Waals surface area contributed by atoms with Crippen molar-refractivity contribution in [3.05, 3.63) is 70.9 Å². The lowest BCUT2D eigenvalue weighted by Crippen LogP contribution is -2.29. The Hall–Kier alpha value is -2.70. The molecule has 0 unspecified atom stereocenters. The van der Waals surface area contributed by atoms with E-state index in [1.165, 1.54) is 5.56 Å². The minimum atomic E-state index is 0.212. The van der Waals surface area contributed by atoms with E-state index in [9.17, 15) is 5.11 Å². The van der Waals surface area contributed by atoms with Crippen molar-refractivity contribution in [3.8, 4) is 11.7 Å². The third-order valence-corrected chi connectivity index (χ3v) is 5.78. The van der Waals surface area contributed by atoms with Gasteiger partial charge in [0.05, 0.1) is 11.3 Å². The number of thiophene rings is 1. The zero-order valence-corrected chi connectivity index (χ0v) is 15.0. The van der Waals surface area contributed by atoms with Crippen molar-refractivity contribution in [2.75, 3.05) is 6.54 Å². The Morgan fingerprint density at radius 2 is 2.00 bits per heavy atom. The van der Waals surface area contributed by atoms with Gasteiger partial charge in [0.15, 0.2) is 5.82 Å². The van der Waals surface area contributed by atoms with Gasteiger partial charge in [0.1, 0.15) is 0 Å². The van der Waals surface area contributed by atoms with Crippen molar-refractivity contribution in [1.29, 1.82) is 0 Å². The van der Waals surface area contributed by atoms with Gasteiger partial charge < -0.3 is 5.11 Å². The van der Waals surface area contributed by atoms with Crippen LogP contribution in [0, 0.1) is 0 Å². The van der Waals surface area contributed by atoms with Crippen molar-refractivity contribution >= 4 is 21.4 Å². The number of aromatic hydroxyl groups is 1. The molecule has 4 heterocycles. The van der Waals surface area contributed by atoms with E-state index in [2.05, 4.69) is 39.2 Å². The number of rotatable bonds is 3. The summed E-state index contributed by atoms with van der Waals surface area (Å²) in [4.78, 5) is 6.82. The Balaban J connectivity index is 1.49. The number of pyridine rings is 1. The largest absolute Gasteiger partial charge is 0.493 e. The molecule has 0 spiro atoms. The Morgan fingerprint density at radius 3 is 2.88 bits per heavy atom. The van der Waals surface area contributed by atoms with E-state index in [-0.39, 0.29) is 5.88 Å². The molecule has 4 aromatic rings. The highest BCUT2D eigenvalue weighted by Gasteiger charge is 2.26. The fourth-order valence-corrected chi connectivity index (χ4v) is 4.36. The van der Waals surface area contributed by atoms with E-state index in [1.54, 1.807) is 22.2 Å². The number of hydrogen-bond acceptors (Lipinski definition) is 5. The summed E-state index contributed by atoms with van der Waals surface area (Å²) < 4.78 is 2.75. The summed E-state index contributed by atoms with van der Waals surface area (Å²) in [5.74, 6) is 0.911. The number of fused-ring (bicyclic) bond motifs is 2. The molecule has 0 radical (unpaired) electrons. The minimum absolute atomic E-state index is 0.212.